The van der Waals surface area contributed by atoms with Crippen LogP contribution in [-0.2, 0) is 16.1 Å². The van der Waals surface area contributed by atoms with Crippen molar-refractivity contribution in [3.8, 4) is 0 Å². The highest BCUT2D eigenvalue weighted by Gasteiger charge is 2.26. The third kappa shape index (κ3) is 7.84. The maximum Gasteiger partial charge on any atom is 0.317 e. The molecule has 0 aliphatic carbocycles. The predicted octanol–water partition coefficient (Wildman–Crippen LogP) is 0.934. The van der Waals surface area contributed by atoms with E-state index < -0.39 is 5.97 Å². The Balaban J connectivity index is 1.75. The molecule has 156 valence electrons. The van der Waals surface area contributed by atoms with Crippen molar-refractivity contribution in [3.63, 3.8) is 0 Å². The van der Waals surface area contributed by atoms with Gasteiger partial charge in [0.1, 0.15) is 0 Å². The Morgan fingerprint density at radius 3 is 2.68 bits per heavy atom. The lowest BCUT2D eigenvalue weighted by atomic mass is 10.2. The minimum Gasteiger partial charge on any atom is -0.480 e. The van der Waals surface area contributed by atoms with Crippen LogP contribution >= 0.6 is 0 Å². The lowest BCUT2D eigenvalue weighted by Crippen LogP contribution is -2.54. The molecule has 0 saturated carbocycles. The average Bonchev–Trinajstić information content (AvgIpc) is 2.61. The van der Waals surface area contributed by atoms with Gasteiger partial charge in [0.05, 0.1) is 19.3 Å². The summed E-state index contributed by atoms with van der Waals surface area (Å²) in [5, 5.41) is 11.9. The first-order valence-corrected chi connectivity index (χ1v) is 9.63. The number of nitrogens with one attached hydrogen (secondary N) is 1. The first kappa shape index (κ1) is 22.1. The maximum atomic E-state index is 12.6. The Hall–Kier alpha value is -2.16. The number of carboxylic acids is 1. The fourth-order valence-electron chi connectivity index (χ4n) is 3.43. The smallest absolute Gasteiger partial charge is 0.317 e. The number of hydrogen-bond acceptors (Lipinski definition) is 5. The van der Waals surface area contributed by atoms with Gasteiger partial charge in [0.2, 0.25) is 0 Å². The van der Waals surface area contributed by atoms with Crippen molar-refractivity contribution in [2.75, 3.05) is 53.4 Å². The fraction of sp³-hybridized carbons (Fsp3) is 0.600. The summed E-state index contributed by atoms with van der Waals surface area (Å²) in [5.74, 6) is -0.874. The van der Waals surface area contributed by atoms with Crippen LogP contribution in [0.5, 0.6) is 0 Å². The minimum atomic E-state index is -0.874. The topological polar surface area (TPSA) is 85.4 Å². The van der Waals surface area contributed by atoms with Gasteiger partial charge in [0, 0.05) is 38.8 Å². The second-order valence-electron chi connectivity index (χ2n) is 7.56. The number of morpholine rings is 1. The lowest BCUT2D eigenvalue weighted by Gasteiger charge is -2.35. The van der Waals surface area contributed by atoms with E-state index in [1.807, 2.05) is 32.2 Å². The number of hydrogen-bond donors (Lipinski definition) is 2. The molecule has 0 bridgehead atoms. The van der Waals surface area contributed by atoms with Gasteiger partial charge in [-0.15, -0.1) is 0 Å². The van der Waals surface area contributed by atoms with Crippen LogP contribution in [-0.4, -0.2) is 97.4 Å². The number of amides is 2. The van der Waals surface area contributed by atoms with Crippen molar-refractivity contribution in [1.29, 1.82) is 0 Å². The molecule has 0 radical (unpaired) electrons. The van der Waals surface area contributed by atoms with Crippen LogP contribution < -0.4 is 5.32 Å². The summed E-state index contributed by atoms with van der Waals surface area (Å²) in [6.45, 7) is 5.47. The van der Waals surface area contributed by atoms with E-state index in [1.54, 1.807) is 16.8 Å². The van der Waals surface area contributed by atoms with Crippen LogP contribution in [0.25, 0.3) is 0 Å². The van der Waals surface area contributed by atoms with E-state index in [-0.39, 0.29) is 24.7 Å². The molecular formula is C20H32N4O4. The number of likely N-dealkylation sites (N-methyl/N-ethyl adjacent to an activating group) is 2. The monoisotopic (exact) mass is 392 g/mol. The maximum absolute atomic E-state index is 12.6. The number of benzene rings is 1. The normalized spacial score (nSPS) is 18.3. The number of carbonyl (C=O) groups excluding carboxylic acids is 1. The quantitative estimate of drug-likeness (QED) is 0.650. The lowest BCUT2D eigenvalue weighted by molar-refractivity contribution is -0.138. The molecule has 0 spiro atoms. The molecule has 8 heteroatoms. The van der Waals surface area contributed by atoms with Crippen molar-refractivity contribution >= 4 is 12.0 Å². The summed E-state index contributed by atoms with van der Waals surface area (Å²) in [6, 6.07) is 10.1. The van der Waals surface area contributed by atoms with Gasteiger partial charge >= 0.3 is 12.0 Å². The van der Waals surface area contributed by atoms with Crippen LogP contribution in [0.1, 0.15) is 12.5 Å². The predicted molar refractivity (Wildman–Crippen MR) is 107 cm³/mol. The molecule has 1 saturated heterocycles. The van der Waals surface area contributed by atoms with Gasteiger partial charge < -0.3 is 25.0 Å². The number of ether oxygens (including phenoxy) is 1. The number of carboxylic acid groups (broad SMARTS) is 1. The molecular weight excluding hydrogens is 360 g/mol. The third-order valence-corrected chi connectivity index (χ3v) is 4.60. The Kier molecular flexibility index (Phi) is 8.69. The molecule has 2 N–H and O–H groups in total. The summed E-state index contributed by atoms with van der Waals surface area (Å²) < 4.78 is 5.68. The molecule has 1 unspecified atom stereocenters. The van der Waals surface area contributed by atoms with E-state index in [4.69, 9.17) is 9.84 Å². The number of aliphatic carboxylic acids is 1. The SMILES string of the molecule is C[C@H](CN(C)Cc1ccccc1)NC(=O)N1CCOC(CN(C)CC(=O)O)C1. The van der Waals surface area contributed by atoms with Gasteiger partial charge in [-0.3, -0.25) is 9.69 Å². The zero-order valence-corrected chi connectivity index (χ0v) is 17.0. The molecule has 1 aromatic carbocycles. The van der Waals surface area contributed by atoms with Gasteiger partial charge in [-0.1, -0.05) is 30.3 Å². The Bertz CT molecular complexity index is 628. The van der Waals surface area contributed by atoms with Crippen molar-refractivity contribution in [2.24, 2.45) is 0 Å². The van der Waals surface area contributed by atoms with Crippen LogP contribution in [0.4, 0.5) is 4.79 Å². The van der Waals surface area contributed by atoms with Crippen molar-refractivity contribution in [3.05, 3.63) is 35.9 Å². The number of nitrogens with zero attached hydrogens (tertiary/aromatic N) is 3. The number of urea groups is 1. The summed E-state index contributed by atoms with van der Waals surface area (Å²) in [5.41, 5.74) is 1.24. The van der Waals surface area contributed by atoms with Crippen LogP contribution in [0, 0.1) is 0 Å². The van der Waals surface area contributed by atoms with E-state index in [0.717, 1.165) is 13.1 Å². The Labute approximate surface area is 167 Å². The van der Waals surface area contributed by atoms with Gasteiger partial charge in [-0.2, -0.15) is 0 Å². The molecule has 2 rings (SSSR count). The third-order valence-electron chi connectivity index (χ3n) is 4.60. The van der Waals surface area contributed by atoms with Gasteiger partial charge in [0.15, 0.2) is 0 Å². The molecule has 1 aliphatic heterocycles. The number of rotatable bonds is 9. The summed E-state index contributed by atoms with van der Waals surface area (Å²) in [4.78, 5) is 29.0. The zero-order chi connectivity index (χ0) is 20.5. The van der Waals surface area contributed by atoms with Crippen LogP contribution in [0.2, 0.25) is 0 Å². The molecule has 2 atom stereocenters. The molecule has 1 aliphatic rings. The molecule has 0 aromatic heterocycles. The summed E-state index contributed by atoms with van der Waals surface area (Å²) in [6.07, 6.45) is -0.181. The molecule has 1 fully saturated rings. The highest BCUT2D eigenvalue weighted by atomic mass is 16.5. The zero-order valence-electron chi connectivity index (χ0n) is 17.0. The molecule has 1 heterocycles. The van der Waals surface area contributed by atoms with E-state index in [1.165, 1.54) is 5.56 Å². The Morgan fingerprint density at radius 2 is 2.00 bits per heavy atom. The van der Waals surface area contributed by atoms with Crippen molar-refractivity contribution in [1.82, 2.24) is 20.0 Å². The standard InChI is InChI=1S/C20H32N4O4/c1-16(11-22(2)12-17-7-5-4-6-8-17)21-20(27)24-9-10-28-18(14-24)13-23(3)15-19(25)26/h4-8,16,18H,9-15H2,1-3H3,(H,21,27)(H,25,26)/t16-,18?/m1/s1. The highest BCUT2D eigenvalue weighted by Crippen LogP contribution is 2.08. The van der Waals surface area contributed by atoms with Gasteiger partial charge in [0.25, 0.3) is 0 Å². The molecule has 2 amide bonds. The molecule has 1 aromatic rings. The highest BCUT2D eigenvalue weighted by molar-refractivity contribution is 5.74. The Morgan fingerprint density at radius 1 is 1.29 bits per heavy atom. The van der Waals surface area contributed by atoms with Crippen LogP contribution in [0.3, 0.4) is 0 Å². The molecule has 8 nitrogen and oxygen atoms in total. The average molecular weight is 393 g/mol. The summed E-state index contributed by atoms with van der Waals surface area (Å²) in [7, 11) is 3.78. The van der Waals surface area contributed by atoms with E-state index in [0.29, 0.717) is 26.2 Å². The first-order chi connectivity index (χ1) is 13.3. The summed E-state index contributed by atoms with van der Waals surface area (Å²) >= 11 is 0. The van der Waals surface area contributed by atoms with Crippen molar-refractivity contribution < 1.29 is 19.4 Å². The molecule has 28 heavy (non-hydrogen) atoms. The first-order valence-electron chi connectivity index (χ1n) is 9.63. The minimum absolute atomic E-state index is 0.0113. The largest absolute Gasteiger partial charge is 0.480 e. The number of carbonyl (C=O) groups is 2. The van der Waals surface area contributed by atoms with E-state index in [9.17, 15) is 9.59 Å². The fourth-order valence-corrected chi connectivity index (χ4v) is 3.43. The van der Waals surface area contributed by atoms with E-state index >= 15 is 0 Å². The second-order valence-corrected chi connectivity index (χ2v) is 7.56. The van der Waals surface area contributed by atoms with Crippen molar-refractivity contribution in [2.45, 2.75) is 25.6 Å². The van der Waals surface area contributed by atoms with Crippen LogP contribution in [0.15, 0.2) is 30.3 Å². The van der Waals surface area contributed by atoms with Gasteiger partial charge in [-0.25, -0.2) is 4.79 Å². The van der Waals surface area contributed by atoms with E-state index in [2.05, 4.69) is 22.3 Å². The second kappa shape index (κ2) is 11.0. The van der Waals surface area contributed by atoms with Gasteiger partial charge in [-0.05, 0) is 26.6 Å².